The largest absolute Gasteiger partial charge is 0.449 e. The number of rotatable bonds is 7. The molecule has 0 aromatic heterocycles. The van der Waals surface area contributed by atoms with Crippen LogP contribution in [-0.2, 0) is 19.6 Å². The summed E-state index contributed by atoms with van der Waals surface area (Å²) in [5.74, 6) is -1.42. The van der Waals surface area contributed by atoms with Crippen LogP contribution >= 0.6 is 0 Å². The van der Waals surface area contributed by atoms with Gasteiger partial charge in [0.2, 0.25) is 10.0 Å². The molecule has 2 rings (SSSR count). The number of hydrogen-bond acceptors (Lipinski definition) is 6. The van der Waals surface area contributed by atoms with Gasteiger partial charge in [0.1, 0.15) is 0 Å². The number of nitrogens with zero attached hydrogens (tertiary/aromatic N) is 1. The number of carbonyl (C=O) groups excluding carboxylic acids is 3. The van der Waals surface area contributed by atoms with Crippen molar-refractivity contribution < 1.29 is 27.5 Å². The molecular weight excluding hydrogens is 362 g/mol. The van der Waals surface area contributed by atoms with E-state index in [-0.39, 0.29) is 23.5 Å². The molecule has 1 heterocycles. The van der Waals surface area contributed by atoms with E-state index in [2.05, 4.69) is 16.6 Å². The van der Waals surface area contributed by atoms with E-state index < -0.39 is 34.0 Å². The molecule has 0 aliphatic carbocycles. The van der Waals surface area contributed by atoms with E-state index in [0.717, 1.165) is 4.90 Å². The van der Waals surface area contributed by atoms with Gasteiger partial charge in [0.05, 0.1) is 10.5 Å². The number of imide groups is 1. The first-order chi connectivity index (χ1) is 12.3. The highest BCUT2D eigenvalue weighted by atomic mass is 32.2. The van der Waals surface area contributed by atoms with Crippen molar-refractivity contribution in [1.82, 2.24) is 14.9 Å². The quantitative estimate of drug-likeness (QED) is 0.516. The summed E-state index contributed by atoms with van der Waals surface area (Å²) in [5, 5.41) is 2.48. The summed E-state index contributed by atoms with van der Waals surface area (Å²) in [6, 6.07) is 4.54. The van der Waals surface area contributed by atoms with Crippen molar-refractivity contribution in [1.29, 1.82) is 0 Å². The van der Waals surface area contributed by atoms with Gasteiger partial charge in [-0.2, -0.15) is 0 Å². The number of sulfonamides is 1. The van der Waals surface area contributed by atoms with E-state index in [1.54, 1.807) is 0 Å². The van der Waals surface area contributed by atoms with E-state index in [1.807, 2.05) is 0 Å². The Labute approximate surface area is 151 Å². The fourth-order valence-electron chi connectivity index (χ4n) is 2.20. The Bertz CT molecular complexity index is 819. The lowest BCUT2D eigenvalue weighted by molar-refractivity contribution is -0.136. The Kier molecular flexibility index (Phi) is 6.11. The molecule has 140 valence electrons. The minimum absolute atomic E-state index is 0.0197. The molecule has 0 unspecified atom stereocenters. The van der Waals surface area contributed by atoms with E-state index in [0.29, 0.717) is 6.54 Å². The molecule has 2 N–H and O–H groups in total. The van der Waals surface area contributed by atoms with Crippen molar-refractivity contribution in [3.63, 3.8) is 0 Å². The van der Waals surface area contributed by atoms with Crippen LogP contribution < -0.4 is 10.0 Å². The molecule has 1 aromatic rings. The van der Waals surface area contributed by atoms with Crippen molar-refractivity contribution in [3.05, 3.63) is 42.5 Å². The van der Waals surface area contributed by atoms with Crippen LogP contribution in [0.1, 0.15) is 17.3 Å². The lowest BCUT2D eigenvalue weighted by atomic mass is 10.2. The summed E-state index contributed by atoms with van der Waals surface area (Å²) < 4.78 is 31.3. The molecule has 10 heteroatoms. The van der Waals surface area contributed by atoms with Gasteiger partial charge >= 0.3 is 12.0 Å². The SMILES string of the molecule is C=CCNS(=O)(=O)c1ccc(C(=O)O[C@@H](C)C(=O)N2CCNC2=O)cc1. The van der Waals surface area contributed by atoms with Crippen LogP contribution in [0.4, 0.5) is 4.79 Å². The maximum Gasteiger partial charge on any atom is 0.338 e. The highest BCUT2D eigenvalue weighted by molar-refractivity contribution is 7.89. The Morgan fingerprint density at radius 2 is 2.04 bits per heavy atom. The first-order valence-electron chi connectivity index (χ1n) is 7.77. The smallest absolute Gasteiger partial charge is 0.338 e. The van der Waals surface area contributed by atoms with Gasteiger partial charge in [-0.15, -0.1) is 6.58 Å². The van der Waals surface area contributed by atoms with E-state index in [4.69, 9.17) is 4.74 Å². The predicted octanol–water partition coefficient (Wildman–Crippen LogP) is 0.248. The van der Waals surface area contributed by atoms with Crippen LogP contribution in [-0.4, -0.2) is 57.0 Å². The third-order valence-corrected chi connectivity index (χ3v) is 5.01. The number of benzene rings is 1. The highest BCUT2D eigenvalue weighted by Crippen LogP contribution is 2.13. The summed E-state index contributed by atoms with van der Waals surface area (Å²) in [6.45, 7) is 5.43. The van der Waals surface area contributed by atoms with Crippen molar-refractivity contribution in [2.75, 3.05) is 19.6 Å². The molecule has 0 radical (unpaired) electrons. The summed E-state index contributed by atoms with van der Waals surface area (Å²) in [4.78, 5) is 36.6. The predicted molar refractivity (Wildman–Crippen MR) is 91.8 cm³/mol. The van der Waals surface area contributed by atoms with Crippen molar-refractivity contribution in [2.24, 2.45) is 0 Å². The van der Waals surface area contributed by atoms with Crippen LogP contribution in [0.3, 0.4) is 0 Å². The third kappa shape index (κ3) is 4.46. The van der Waals surface area contributed by atoms with Crippen molar-refractivity contribution >= 4 is 27.9 Å². The van der Waals surface area contributed by atoms with Crippen LogP contribution in [0.2, 0.25) is 0 Å². The molecule has 0 bridgehead atoms. The number of hydrogen-bond donors (Lipinski definition) is 2. The normalized spacial score (nSPS) is 15.3. The number of urea groups is 1. The van der Waals surface area contributed by atoms with Crippen molar-refractivity contribution in [2.45, 2.75) is 17.9 Å². The Hall–Kier alpha value is -2.72. The molecule has 0 spiro atoms. The minimum atomic E-state index is -3.70. The van der Waals surface area contributed by atoms with Gasteiger partial charge < -0.3 is 10.1 Å². The number of carbonyl (C=O) groups is 3. The van der Waals surface area contributed by atoms with Gasteiger partial charge in [0.15, 0.2) is 6.10 Å². The zero-order chi connectivity index (χ0) is 19.3. The summed E-state index contributed by atoms with van der Waals surface area (Å²) in [5.41, 5.74) is 0.0817. The zero-order valence-corrected chi connectivity index (χ0v) is 14.9. The van der Waals surface area contributed by atoms with E-state index in [1.165, 1.54) is 37.3 Å². The minimum Gasteiger partial charge on any atom is -0.449 e. The van der Waals surface area contributed by atoms with Crippen LogP contribution in [0.5, 0.6) is 0 Å². The molecule has 1 atom stereocenters. The first-order valence-corrected chi connectivity index (χ1v) is 9.25. The van der Waals surface area contributed by atoms with Crippen LogP contribution in [0.15, 0.2) is 41.8 Å². The van der Waals surface area contributed by atoms with Gasteiger partial charge in [0.25, 0.3) is 5.91 Å². The fourth-order valence-corrected chi connectivity index (χ4v) is 3.20. The van der Waals surface area contributed by atoms with E-state index in [9.17, 15) is 22.8 Å². The standard InChI is InChI=1S/C16H19N3O6S/c1-3-8-18-26(23,24)13-6-4-12(5-7-13)15(21)25-11(2)14(20)19-10-9-17-16(19)22/h3-7,11,18H,1,8-10H2,2H3,(H,17,22)/t11-/m0/s1. The lowest BCUT2D eigenvalue weighted by Crippen LogP contribution is -2.41. The van der Waals surface area contributed by atoms with Gasteiger partial charge in [-0.05, 0) is 31.2 Å². The average molecular weight is 381 g/mol. The maximum atomic E-state index is 12.1. The molecule has 1 fully saturated rings. The second-order valence-electron chi connectivity index (χ2n) is 5.43. The van der Waals surface area contributed by atoms with Gasteiger partial charge in [-0.25, -0.2) is 22.7 Å². The van der Waals surface area contributed by atoms with E-state index >= 15 is 0 Å². The molecule has 1 aliphatic rings. The topological polar surface area (TPSA) is 122 Å². The molecule has 3 amide bonds. The maximum absolute atomic E-state index is 12.1. The second kappa shape index (κ2) is 8.11. The monoisotopic (exact) mass is 381 g/mol. The van der Waals surface area contributed by atoms with Gasteiger partial charge in [0, 0.05) is 19.6 Å². The molecule has 1 aliphatic heterocycles. The Balaban J connectivity index is 2.02. The Morgan fingerprint density at radius 3 is 2.58 bits per heavy atom. The fraction of sp³-hybridized carbons (Fsp3) is 0.312. The highest BCUT2D eigenvalue weighted by Gasteiger charge is 2.31. The zero-order valence-electron chi connectivity index (χ0n) is 14.1. The number of nitrogens with one attached hydrogen (secondary N) is 2. The lowest BCUT2D eigenvalue weighted by Gasteiger charge is -2.18. The molecule has 1 saturated heterocycles. The molecule has 26 heavy (non-hydrogen) atoms. The van der Waals surface area contributed by atoms with Gasteiger partial charge in [-0.1, -0.05) is 6.08 Å². The summed E-state index contributed by atoms with van der Waals surface area (Å²) >= 11 is 0. The van der Waals surface area contributed by atoms with Crippen LogP contribution in [0, 0.1) is 0 Å². The second-order valence-corrected chi connectivity index (χ2v) is 7.20. The van der Waals surface area contributed by atoms with Crippen molar-refractivity contribution in [3.8, 4) is 0 Å². The summed E-state index contributed by atoms with van der Waals surface area (Å²) in [7, 11) is -3.70. The molecule has 1 aromatic carbocycles. The average Bonchev–Trinajstić information content (AvgIpc) is 3.05. The number of ether oxygens (including phenoxy) is 1. The van der Waals surface area contributed by atoms with Gasteiger partial charge in [-0.3, -0.25) is 9.69 Å². The third-order valence-electron chi connectivity index (χ3n) is 3.57. The number of amides is 3. The Morgan fingerprint density at radius 1 is 1.38 bits per heavy atom. The molecule has 0 saturated carbocycles. The summed E-state index contributed by atoms with van der Waals surface area (Å²) in [6.07, 6.45) is 0.256. The first kappa shape index (κ1) is 19.6. The molecule has 9 nitrogen and oxygen atoms in total. The molecular formula is C16H19N3O6S. The number of esters is 1. The van der Waals surface area contributed by atoms with Crippen LogP contribution in [0.25, 0.3) is 0 Å².